The molecular weight excluding hydrogens is 344 g/mol. The SMILES string of the molecule is COc1sc(Br)cc1C(=O)CC(C)(C)Br. The van der Waals surface area contributed by atoms with Crippen molar-refractivity contribution in [1.82, 2.24) is 0 Å². The molecule has 1 aromatic heterocycles. The summed E-state index contributed by atoms with van der Waals surface area (Å²) in [7, 11) is 1.58. The van der Waals surface area contributed by atoms with Gasteiger partial charge in [0.1, 0.15) is 0 Å². The van der Waals surface area contributed by atoms with Crippen LogP contribution in [-0.2, 0) is 0 Å². The molecule has 5 heteroatoms. The highest BCUT2D eigenvalue weighted by atomic mass is 79.9. The quantitative estimate of drug-likeness (QED) is 0.595. The summed E-state index contributed by atoms with van der Waals surface area (Å²) in [6.45, 7) is 3.94. The van der Waals surface area contributed by atoms with Crippen molar-refractivity contribution in [3.8, 4) is 5.06 Å². The molecule has 0 N–H and O–H groups in total. The van der Waals surface area contributed by atoms with Gasteiger partial charge in [0.15, 0.2) is 10.8 Å². The van der Waals surface area contributed by atoms with Crippen molar-refractivity contribution in [2.45, 2.75) is 24.6 Å². The highest BCUT2D eigenvalue weighted by Crippen LogP contribution is 2.36. The lowest BCUT2D eigenvalue weighted by Gasteiger charge is -2.14. The van der Waals surface area contributed by atoms with Crippen LogP contribution < -0.4 is 4.74 Å². The maximum atomic E-state index is 11.9. The third kappa shape index (κ3) is 3.89. The zero-order valence-electron chi connectivity index (χ0n) is 8.77. The Labute approximate surface area is 110 Å². The van der Waals surface area contributed by atoms with Gasteiger partial charge in [-0.15, -0.1) is 0 Å². The van der Waals surface area contributed by atoms with Crippen LogP contribution in [0.15, 0.2) is 9.85 Å². The number of thiophene rings is 1. The molecule has 0 atom stereocenters. The van der Waals surface area contributed by atoms with Crippen LogP contribution in [0.3, 0.4) is 0 Å². The minimum atomic E-state index is -0.177. The minimum Gasteiger partial charge on any atom is -0.487 e. The van der Waals surface area contributed by atoms with E-state index >= 15 is 0 Å². The summed E-state index contributed by atoms with van der Waals surface area (Å²) in [5.41, 5.74) is 0.655. The van der Waals surface area contributed by atoms with Gasteiger partial charge in [-0.2, -0.15) is 0 Å². The molecule has 84 valence electrons. The van der Waals surface area contributed by atoms with Crippen molar-refractivity contribution < 1.29 is 9.53 Å². The van der Waals surface area contributed by atoms with E-state index in [0.29, 0.717) is 17.0 Å². The number of halogens is 2. The van der Waals surface area contributed by atoms with Crippen LogP contribution in [0, 0.1) is 0 Å². The Morgan fingerprint density at radius 1 is 1.60 bits per heavy atom. The smallest absolute Gasteiger partial charge is 0.185 e. The first-order valence-electron chi connectivity index (χ1n) is 4.39. The Balaban J connectivity index is 2.91. The third-order valence-electron chi connectivity index (χ3n) is 1.73. The van der Waals surface area contributed by atoms with Crippen LogP contribution >= 0.6 is 43.2 Å². The lowest BCUT2D eigenvalue weighted by molar-refractivity contribution is 0.0972. The Morgan fingerprint density at radius 2 is 2.20 bits per heavy atom. The van der Waals surface area contributed by atoms with Gasteiger partial charge >= 0.3 is 0 Å². The van der Waals surface area contributed by atoms with Crippen molar-refractivity contribution >= 4 is 49.0 Å². The van der Waals surface area contributed by atoms with Gasteiger partial charge < -0.3 is 4.74 Å². The van der Waals surface area contributed by atoms with Crippen LogP contribution in [0.25, 0.3) is 0 Å². The zero-order valence-corrected chi connectivity index (χ0v) is 12.8. The van der Waals surface area contributed by atoms with E-state index in [9.17, 15) is 4.79 Å². The largest absolute Gasteiger partial charge is 0.487 e. The molecule has 0 aliphatic rings. The molecule has 0 saturated carbocycles. The number of carbonyl (C=O) groups is 1. The molecule has 0 radical (unpaired) electrons. The molecule has 0 spiro atoms. The molecule has 1 aromatic rings. The molecular formula is C10H12Br2O2S. The van der Waals surface area contributed by atoms with Crippen molar-refractivity contribution in [2.24, 2.45) is 0 Å². The first-order valence-corrected chi connectivity index (χ1v) is 6.79. The van der Waals surface area contributed by atoms with Crippen molar-refractivity contribution in [3.05, 3.63) is 15.4 Å². The number of carbonyl (C=O) groups excluding carboxylic acids is 1. The second kappa shape index (κ2) is 4.97. The van der Waals surface area contributed by atoms with E-state index in [1.165, 1.54) is 11.3 Å². The Morgan fingerprint density at radius 3 is 2.67 bits per heavy atom. The van der Waals surface area contributed by atoms with E-state index in [1.807, 2.05) is 19.9 Å². The summed E-state index contributed by atoms with van der Waals surface area (Å²) < 4.78 is 5.89. The molecule has 0 aromatic carbocycles. The van der Waals surface area contributed by atoms with Gasteiger partial charge in [-0.25, -0.2) is 0 Å². The maximum Gasteiger partial charge on any atom is 0.185 e. The summed E-state index contributed by atoms with van der Waals surface area (Å²) in [6.07, 6.45) is 0.451. The third-order valence-corrected chi connectivity index (χ3v) is 3.61. The number of methoxy groups -OCH3 is 1. The molecule has 0 saturated heterocycles. The molecule has 0 bridgehead atoms. The lowest BCUT2D eigenvalue weighted by Crippen LogP contribution is -2.16. The molecule has 0 amide bonds. The predicted molar refractivity (Wildman–Crippen MR) is 70.5 cm³/mol. The maximum absolute atomic E-state index is 11.9. The molecule has 0 aliphatic carbocycles. The average molecular weight is 356 g/mol. The fraction of sp³-hybridized carbons (Fsp3) is 0.500. The van der Waals surface area contributed by atoms with Gasteiger partial charge in [0, 0.05) is 10.7 Å². The van der Waals surface area contributed by atoms with E-state index in [2.05, 4.69) is 31.9 Å². The van der Waals surface area contributed by atoms with E-state index in [0.717, 1.165) is 3.79 Å². The zero-order chi connectivity index (χ0) is 11.6. The molecule has 2 nitrogen and oxygen atoms in total. The summed E-state index contributed by atoms with van der Waals surface area (Å²) in [6, 6.07) is 1.81. The number of hydrogen-bond acceptors (Lipinski definition) is 3. The van der Waals surface area contributed by atoms with Crippen LogP contribution in [-0.4, -0.2) is 17.2 Å². The molecule has 0 aliphatic heterocycles. The van der Waals surface area contributed by atoms with Gasteiger partial charge in [-0.3, -0.25) is 4.79 Å². The topological polar surface area (TPSA) is 26.3 Å². The second-order valence-corrected chi connectivity index (χ2v) is 8.32. The van der Waals surface area contributed by atoms with Gasteiger partial charge in [-0.05, 0) is 35.8 Å². The van der Waals surface area contributed by atoms with Gasteiger partial charge in [0.25, 0.3) is 0 Å². The number of Topliss-reactive ketones (excluding diaryl/α,β-unsaturated/α-hetero) is 1. The van der Waals surface area contributed by atoms with E-state index in [-0.39, 0.29) is 10.1 Å². The van der Waals surface area contributed by atoms with Crippen molar-refractivity contribution in [3.63, 3.8) is 0 Å². The summed E-state index contributed by atoms with van der Waals surface area (Å²) in [4.78, 5) is 11.9. The summed E-state index contributed by atoms with van der Waals surface area (Å²) >= 11 is 8.23. The van der Waals surface area contributed by atoms with E-state index in [4.69, 9.17) is 4.74 Å². The lowest BCUT2D eigenvalue weighted by atomic mass is 10.0. The molecule has 15 heavy (non-hydrogen) atoms. The highest BCUT2D eigenvalue weighted by Gasteiger charge is 2.23. The Kier molecular flexibility index (Phi) is 4.38. The Hall–Kier alpha value is 0.130. The predicted octanol–water partition coefficient (Wildman–Crippen LogP) is 4.27. The standard InChI is InChI=1S/C10H12Br2O2S/c1-10(2,12)5-7(13)6-4-8(11)15-9(6)14-3/h4H,5H2,1-3H3. The van der Waals surface area contributed by atoms with Gasteiger partial charge in [0.05, 0.1) is 16.5 Å². The molecule has 1 rings (SSSR count). The number of ether oxygens (including phenoxy) is 1. The second-order valence-electron chi connectivity index (χ2n) is 3.77. The fourth-order valence-electron chi connectivity index (χ4n) is 1.17. The number of ketones is 1. The summed E-state index contributed by atoms with van der Waals surface area (Å²) in [5.74, 6) is 0.0932. The van der Waals surface area contributed by atoms with Gasteiger partial charge in [0.2, 0.25) is 0 Å². The number of alkyl halides is 1. The Bertz CT molecular complexity index is 366. The average Bonchev–Trinajstić information content (AvgIpc) is 2.43. The normalized spacial score (nSPS) is 11.5. The minimum absolute atomic E-state index is 0.0932. The molecule has 0 fully saturated rings. The van der Waals surface area contributed by atoms with Crippen LogP contribution in [0.4, 0.5) is 0 Å². The van der Waals surface area contributed by atoms with Crippen molar-refractivity contribution in [2.75, 3.05) is 7.11 Å². The highest BCUT2D eigenvalue weighted by molar-refractivity contribution is 9.11. The molecule has 1 heterocycles. The monoisotopic (exact) mass is 354 g/mol. The van der Waals surface area contributed by atoms with Crippen LogP contribution in [0.1, 0.15) is 30.6 Å². The van der Waals surface area contributed by atoms with Gasteiger partial charge in [-0.1, -0.05) is 27.3 Å². The van der Waals surface area contributed by atoms with E-state index < -0.39 is 0 Å². The number of rotatable bonds is 4. The van der Waals surface area contributed by atoms with Crippen molar-refractivity contribution in [1.29, 1.82) is 0 Å². The van der Waals surface area contributed by atoms with Crippen LogP contribution in [0.5, 0.6) is 5.06 Å². The molecule has 0 unspecified atom stereocenters. The first-order chi connectivity index (χ1) is 6.83. The fourth-order valence-corrected chi connectivity index (χ4v) is 2.81. The van der Waals surface area contributed by atoms with Crippen LogP contribution in [0.2, 0.25) is 0 Å². The first kappa shape index (κ1) is 13.2. The summed E-state index contributed by atoms with van der Waals surface area (Å²) in [5, 5.41) is 0.670. The number of hydrogen-bond donors (Lipinski definition) is 0. The van der Waals surface area contributed by atoms with E-state index in [1.54, 1.807) is 7.11 Å².